The minimum Gasteiger partial charge on any atom is -0.490 e. The quantitative estimate of drug-likeness (QED) is 0.911. The molecule has 0 aliphatic rings. The highest BCUT2D eigenvalue weighted by molar-refractivity contribution is 6.31. The molecule has 0 atom stereocenters. The summed E-state index contributed by atoms with van der Waals surface area (Å²) < 4.78 is 11.1. The Hall–Kier alpha value is -1.78. The number of aliphatic hydroxyl groups is 1. The lowest BCUT2D eigenvalue weighted by molar-refractivity contribution is 0.274. The predicted molar refractivity (Wildman–Crippen MR) is 72.9 cm³/mol. The number of ether oxygens (including phenoxy) is 2. The highest BCUT2D eigenvalue weighted by Crippen LogP contribution is 2.31. The number of aromatic nitrogens is 1. The number of pyridine rings is 1. The van der Waals surface area contributed by atoms with Gasteiger partial charge in [-0.1, -0.05) is 23.7 Å². The summed E-state index contributed by atoms with van der Waals surface area (Å²) in [6.45, 7) is 2.22. The van der Waals surface area contributed by atoms with E-state index in [1.807, 2.05) is 25.1 Å². The van der Waals surface area contributed by atoms with Gasteiger partial charge in [0.05, 0.1) is 23.9 Å². The van der Waals surface area contributed by atoms with Gasteiger partial charge in [-0.2, -0.15) is 0 Å². The van der Waals surface area contributed by atoms with Crippen LogP contribution >= 0.6 is 11.6 Å². The number of hydrogen-bond acceptors (Lipinski definition) is 4. The van der Waals surface area contributed by atoms with Crippen LogP contribution in [0.25, 0.3) is 0 Å². The standard InChI is InChI=1S/C14H14ClNO3/c1-2-18-12-5-3-4-6-13(12)19-14-8-7-10(15)11(9-17)16-14/h3-8,17H,2,9H2,1H3. The number of nitrogens with zero attached hydrogens (tertiary/aromatic N) is 1. The van der Waals surface area contributed by atoms with Gasteiger partial charge in [0.2, 0.25) is 5.88 Å². The molecule has 0 spiro atoms. The van der Waals surface area contributed by atoms with Gasteiger partial charge >= 0.3 is 0 Å². The van der Waals surface area contributed by atoms with Crippen LogP contribution in [0.4, 0.5) is 0 Å². The minimum atomic E-state index is -0.233. The third-order valence-electron chi connectivity index (χ3n) is 2.41. The zero-order valence-corrected chi connectivity index (χ0v) is 11.2. The Labute approximate surface area is 116 Å². The van der Waals surface area contributed by atoms with Crippen LogP contribution in [-0.2, 0) is 6.61 Å². The molecule has 5 heteroatoms. The zero-order chi connectivity index (χ0) is 13.7. The lowest BCUT2D eigenvalue weighted by atomic mass is 10.3. The maximum Gasteiger partial charge on any atom is 0.219 e. The van der Waals surface area contributed by atoms with Gasteiger partial charge in [-0.3, -0.25) is 0 Å². The summed E-state index contributed by atoms with van der Waals surface area (Å²) >= 11 is 5.88. The molecular formula is C14H14ClNO3. The summed E-state index contributed by atoms with van der Waals surface area (Å²) in [6, 6.07) is 10.6. The lowest BCUT2D eigenvalue weighted by Gasteiger charge is -2.11. The topological polar surface area (TPSA) is 51.6 Å². The van der Waals surface area contributed by atoms with Crippen molar-refractivity contribution in [3.05, 3.63) is 47.1 Å². The van der Waals surface area contributed by atoms with E-state index in [1.165, 1.54) is 0 Å². The van der Waals surface area contributed by atoms with E-state index in [1.54, 1.807) is 18.2 Å². The summed E-state index contributed by atoms with van der Waals surface area (Å²) in [4.78, 5) is 4.13. The number of benzene rings is 1. The average molecular weight is 280 g/mol. The van der Waals surface area contributed by atoms with E-state index in [9.17, 15) is 0 Å². The van der Waals surface area contributed by atoms with Crippen LogP contribution in [0.2, 0.25) is 5.02 Å². The van der Waals surface area contributed by atoms with Gasteiger partial charge in [-0.25, -0.2) is 4.98 Å². The molecule has 1 heterocycles. The van der Waals surface area contributed by atoms with Gasteiger partial charge in [0, 0.05) is 6.07 Å². The van der Waals surface area contributed by atoms with E-state index in [2.05, 4.69) is 4.98 Å². The molecule has 0 radical (unpaired) electrons. The second-order valence-corrected chi connectivity index (χ2v) is 4.13. The van der Waals surface area contributed by atoms with Gasteiger partial charge in [0.25, 0.3) is 0 Å². The van der Waals surface area contributed by atoms with E-state index >= 15 is 0 Å². The van der Waals surface area contributed by atoms with Crippen molar-refractivity contribution in [3.63, 3.8) is 0 Å². The van der Waals surface area contributed by atoms with Gasteiger partial charge < -0.3 is 14.6 Å². The van der Waals surface area contributed by atoms with Gasteiger partial charge in [0.1, 0.15) is 0 Å². The summed E-state index contributed by atoms with van der Waals surface area (Å²) in [6.07, 6.45) is 0. The summed E-state index contributed by atoms with van der Waals surface area (Å²) in [5, 5.41) is 9.53. The Kier molecular flexibility index (Phi) is 4.60. The Morgan fingerprint density at radius 1 is 1.16 bits per heavy atom. The Morgan fingerprint density at radius 2 is 1.89 bits per heavy atom. The van der Waals surface area contributed by atoms with E-state index in [0.717, 1.165) is 0 Å². The smallest absolute Gasteiger partial charge is 0.219 e. The van der Waals surface area contributed by atoms with Crippen molar-refractivity contribution in [1.82, 2.24) is 4.98 Å². The van der Waals surface area contributed by atoms with Crippen LogP contribution in [-0.4, -0.2) is 16.7 Å². The first kappa shape index (κ1) is 13.6. The van der Waals surface area contributed by atoms with Crippen molar-refractivity contribution in [2.24, 2.45) is 0 Å². The number of aliphatic hydroxyl groups excluding tert-OH is 1. The van der Waals surface area contributed by atoms with Crippen LogP contribution in [0.1, 0.15) is 12.6 Å². The molecular weight excluding hydrogens is 266 g/mol. The second kappa shape index (κ2) is 6.41. The van der Waals surface area contributed by atoms with Crippen LogP contribution in [0.3, 0.4) is 0 Å². The molecule has 0 saturated heterocycles. The zero-order valence-electron chi connectivity index (χ0n) is 10.5. The summed E-state index contributed by atoms with van der Waals surface area (Å²) in [5.74, 6) is 1.58. The van der Waals surface area contributed by atoms with E-state index in [4.69, 9.17) is 26.2 Å². The molecule has 1 aromatic carbocycles. The van der Waals surface area contributed by atoms with Crippen molar-refractivity contribution < 1.29 is 14.6 Å². The summed E-state index contributed by atoms with van der Waals surface area (Å²) in [5.41, 5.74) is 0.382. The lowest BCUT2D eigenvalue weighted by Crippen LogP contribution is -1.97. The first-order valence-corrected chi connectivity index (χ1v) is 6.28. The van der Waals surface area contributed by atoms with E-state index < -0.39 is 0 Å². The molecule has 1 N–H and O–H groups in total. The molecule has 0 unspecified atom stereocenters. The SMILES string of the molecule is CCOc1ccccc1Oc1ccc(Cl)c(CO)n1. The molecule has 0 bridgehead atoms. The molecule has 0 fully saturated rings. The molecule has 2 aromatic rings. The fraction of sp³-hybridized carbons (Fsp3) is 0.214. The minimum absolute atomic E-state index is 0.233. The Bertz CT molecular complexity index is 560. The largest absolute Gasteiger partial charge is 0.490 e. The number of rotatable bonds is 5. The van der Waals surface area contributed by atoms with Crippen LogP contribution < -0.4 is 9.47 Å². The Morgan fingerprint density at radius 3 is 2.58 bits per heavy atom. The molecule has 4 nitrogen and oxygen atoms in total. The van der Waals surface area contributed by atoms with Gasteiger partial charge in [-0.15, -0.1) is 0 Å². The fourth-order valence-corrected chi connectivity index (χ4v) is 1.72. The fourth-order valence-electron chi connectivity index (χ4n) is 1.55. The predicted octanol–water partition coefficient (Wildman–Crippen LogP) is 3.42. The van der Waals surface area contributed by atoms with E-state index in [0.29, 0.717) is 34.7 Å². The monoisotopic (exact) mass is 279 g/mol. The molecule has 0 aliphatic carbocycles. The molecule has 0 aliphatic heterocycles. The third kappa shape index (κ3) is 3.36. The molecule has 0 saturated carbocycles. The van der Waals surface area contributed by atoms with Crippen molar-refractivity contribution in [3.8, 4) is 17.4 Å². The van der Waals surface area contributed by atoms with Crippen LogP contribution in [0, 0.1) is 0 Å². The molecule has 19 heavy (non-hydrogen) atoms. The maximum absolute atomic E-state index is 9.12. The average Bonchev–Trinajstić information content (AvgIpc) is 2.43. The van der Waals surface area contributed by atoms with Gasteiger partial charge in [-0.05, 0) is 25.1 Å². The molecule has 1 aromatic heterocycles. The second-order valence-electron chi connectivity index (χ2n) is 3.72. The normalized spacial score (nSPS) is 10.3. The Balaban J connectivity index is 2.26. The highest BCUT2D eigenvalue weighted by Gasteiger charge is 2.08. The molecule has 0 amide bonds. The number of hydrogen-bond donors (Lipinski definition) is 1. The van der Waals surface area contributed by atoms with E-state index in [-0.39, 0.29) is 6.61 Å². The van der Waals surface area contributed by atoms with Crippen molar-refractivity contribution in [2.45, 2.75) is 13.5 Å². The highest BCUT2D eigenvalue weighted by atomic mass is 35.5. The molecule has 100 valence electrons. The molecule has 2 rings (SSSR count). The van der Waals surface area contributed by atoms with Crippen molar-refractivity contribution in [1.29, 1.82) is 0 Å². The number of halogens is 1. The van der Waals surface area contributed by atoms with Crippen molar-refractivity contribution in [2.75, 3.05) is 6.61 Å². The van der Waals surface area contributed by atoms with Gasteiger partial charge in [0.15, 0.2) is 11.5 Å². The number of para-hydroxylation sites is 2. The first-order valence-electron chi connectivity index (χ1n) is 5.90. The maximum atomic E-state index is 9.12. The first-order chi connectivity index (χ1) is 9.24. The van der Waals surface area contributed by atoms with Crippen LogP contribution in [0.15, 0.2) is 36.4 Å². The third-order valence-corrected chi connectivity index (χ3v) is 2.75. The van der Waals surface area contributed by atoms with Crippen molar-refractivity contribution >= 4 is 11.6 Å². The van der Waals surface area contributed by atoms with Crippen LogP contribution in [0.5, 0.6) is 17.4 Å². The summed E-state index contributed by atoms with van der Waals surface area (Å²) in [7, 11) is 0.